The van der Waals surface area contributed by atoms with E-state index in [0.717, 1.165) is 5.56 Å². The number of nitrogens with zero attached hydrogens (tertiary/aromatic N) is 2. The maximum Gasteiger partial charge on any atom is 0.196 e. The van der Waals surface area contributed by atoms with E-state index in [1.54, 1.807) is 0 Å². The number of carbonyl (C=O) groups is 1. The second kappa shape index (κ2) is 3.41. The number of hydrogen-bond acceptors (Lipinski definition) is 3. The van der Waals surface area contributed by atoms with E-state index in [2.05, 4.69) is 15.2 Å². The van der Waals surface area contributed by atoms with Gasteiger partial charge in [-0.25, -0.2) is 4.98 Å². The van der Waals surface area contributed by atoms with E-state index >= 15 is 0 Å². The van der Waals surface area contributed by atoms with Gasteiger partial charge < -0.3 is 0 Å². The zero-order valence-electron chi connectivity index (χ0n) is 7.69. The summed E-state index contributed by atoms with van der Waals surface area (Å²) >= 11 is 0. The normalized spacial score (nSPS) is 10.1. The Hall–Kier alpha value is -1.97. The van der Waals surface area contributed by atoms with E-state index in [4.69, 9.17) is 0 Å². The molecule has 2 rings (SSSR count). The quantitative estimate of drug-likeness (QED) is 0.734. The second-order valence-electron chi connectivity index (χ2n) is 2.93. The number of hydrogen-bond donors (Lipinski definition) is 1. The molecule has 0 amide bonds. The maximum atomic E-state index is 11.0. The van der Waals surface area contributed by atoms with E-state index in [-0.39, 0.29) is 7.21 Å². The van der Waals surface area contributed by atoms with Gasteiger partial charge in [0.05, 0.1) is 0 Å². The minimum atomic E-state index is -0.111. The zero-order chi connectivity index (χ0) is 9.97. The van der Waals surface area contributed by atoms with Gasteiger partial charge in [-0.1, -0.05) is 30.3 Å². The van der Waals surface area contributed by atoms with Gasteiger partial charge >= 0.3 is 0 Å². The summed E-state index contributed by atoms with van der Waals surface area (Å²) in [6.07, 6.45) is 0. The van der Waals surface area contributed by atoms with Crippen LogP contribution >= 0.6 is 0 Å². The molecule has 14 heavy (non-hydrogen) atoms. The van der Waals surface area contributed by atoms with Crippen LogP contribution in [-0.2, 0) is 0 Å². The predicted octanol–water partition coefficient (Wildman–Crippen LogP) is 1.92. The van der Waals surface area contributed by atoms with Gasteiger partial charge in [0.25, 0.3) is 0 Å². The monoisotopic (exact) mass is 189 g/mol. The first-order valence-electron chi connectivity index (χ1n) is 4.26. The lowest BCUT2D eigenvalue weighted by Crippen LogP contribution is -1.94. The molecule has 4 heteroatoms. The number of carbonyl (C=O) groups excluding carboxylic acids is 1. The van der Waals surface area contributed by atoms with Crippen molar-refractivity contribution in [1.82, 2.24) is 15.2 Å². The first kappa shape index (κ1) is 8.62. The van der Waals surface area contributed by atoms with Gasteiger partial charge in [0.1, 0.15) is 0 Å². The van der Waals surface area contributed by atoms with Crippen LogP contribution in [0.5, 0.6) is 0 Å². The van der Waals surface area contributed by atoms with E-state index in [1.807, 2.05) is 30.3 Å². The lowest BCUT2D eigenvalue weighted by Gasteiger charge is -1.91. The fourth-order valence-corrected chi connectivity index (χ4v) is 1.14. The van der Waals surface area contributed by atoms with Crippen molar-refractivity contribution in [2.75, 3.05) is 0 Å². The molecule has 1 aromatic heterocycles. The van der Waals surface area contributed by atoms with Crippen LogP contribution in [0.25, 0.3) is 11.4 Å². The maximum absolute atomic E-state index is 11.0. The summed E-state index contributed by atoms with van der Waals surface area (Å²) in [4.78, 5) is 15.0. The summed E-state index contributed by atoms with van der Waals surface area (Å²) in [6, 6.07) is 9.51. The molecule has 1 aromatic carbocycles. The highest BCUT2D eigenvalue weighted by atomic mass is 16.1. The zero-order valence-corrected chi connectivity index (χ0v) is 7.69. The number of H-pyrrole nitrogens is 1. The molecule has 0 spiro atoms. The Morgan fingerprint density at radius 2 is 2.07 bits per heavy atom. The molecule has 1 heterocycles. The highest BCUT2D eigenvalue weighted by Gasteiger charge is 2.07. The number of aromatic amines is 1. The lowest BCUT2D eigenvalue weighted by molar-refractivity contribution is 0.100. The Morgan fingerprint density at radius 1 is 1.36 bits per heavy atom. The molecule has 0 unspecified atom stereocenters. The summed E-state index contributed by atoms with van der Waals surface area (Å²) in [5.74, 6) is 0.735. The van der Waals surface area contributed by atoms with Crippen molar-refractivity contribution in [2.45, 2.75) is 6.92 Å². The van der Waals surface area contributed by atoms with Gasteiger partial charge in [-0.05, 0) is 0 Å². The van der Waals surface area contributed by atoms with E-state index in [0.29, 0.717) is 11.6 Å². The third-order valence-electron chi connectivity index (χ3n) is 1.85. The van der Waals surface area contributed by atoms with Crippen LogP contribution in [0.4, 0.5) is 0 Å². The molecule has 4 nitrogen and oxygen atoms in total. The Balaban J connectivity index is 0.00000112. The Bertz CT molecular complexity index is 453. The van der Waals surface area contributed by atoms with Crippen molar-refractivity contribution < 1.29 is 6.22 Å². The standard InChI is InChI=1S/C10H9N3O.H2/c1-7(14)9-11-10(13-12-9)8-5-3-2-4-6-8;/h2-6H,1H3,(H,11,12,13);1H. The minimum absolute atomic E-state index is 0. The molecular weight excluding hydrogens is 178 g/mol. The molecule has 0 saturated carbocycles. The van der Waals surface area contributed by atoms with Gasteiger partial charge in [-0.3, -0.25) is 9.89 Å². The number of nitrogens with one attached hydrogen (secondary N) is 1. The number of rotatable bonds is 2. The van der Waals surface area contributed by atoms with E-state index in [1.165, 1.54) is 6.92 Å². The van der Waals surface area contributed by atoms with Gasteiger partial charge in [0, 0.05) is 13.9 Å². The number of Topliss-reactive ketones (excluding diaryl/α,β-unsaturated/α-hetero) is 1. The fourth-order valence-electron chi connectivity index (χ4n) is 1.14. The van der Waals surface area contributed by atoms with E-state index in [9.17, 15) is 4.79 Å². The van der Waals surface area contributed by atoms with Crippen molar-refractivity contribution in [3.63, 3.8) is 0 Å². The minimum Gasteiger partial charge on any atom is -0.291 e. The molecule has 0 aliphatic carbocycles. The van der Waals surface area contributed by atoms with Gasteiger partial charge in [0.2, 0.25) is 0 Å². The summed E-state index contributed by atoms with van der Waals surface area (Å²) in [5.41, 5.74) is 0.899. The molecule has 0 radical (unpaired) electrons. The fraction of sp³-hybridized carbons (Fsp3) is 0.100. The topological polar surface area (TPSA) is 58.6 Å². The summed E-state index contributed by atoms with van der Waals surface area (Å²) in [7, 11) is 0. The van der Waals surface area contributed by atoms with Gasteiger partial charge in [0.15, 0.2) is 17.4 Å². The first-order chi connectivity index (χ1) is 6.77. The van der Waals surface area contributed by atoms with Gasteiger partial charge in [-0.15, -0.1) is 0 Å². The van der Waals surface area contributed by atoms with Crippen molar-refractivity contribution in [3.8, 4) is 11.4 Å². The molecule has 1 N–H and O–H groups in total. The largest absolute Gasteiger partial charge is 0.291 e. The molecule has 0 bridgehead atoms. The average Bonchev–Trinajstić information content (AvgIpc) is 2.68. The molecule has 72 valence electrons. The third-order valence-corrected chi connectivity index (χ3v) is 1.85. The summed E-state index contributed by atoms with van der Waals surface area (Å²) < 4.78 is 0. The van der Waals surface area contributed by atoms with E-state index < -0.39 is 0 Å². The Morgan fingerprint density at radius 3 is 2.64 bits per heavy atom. The highest BCUT2D eigenvalue weighted by molar-refractivity contribution is 5.90. The second-order valence-corrected chi connectivity index (χ2v) is 2.93. The molecule has 0 saturated heterocycles. The molecule has 0 aliphatic rings. The Labute approximate surface area is 82.5 Å². The number of benzene rings is 1. The smallest absolute Gasteiger partial charge is 0.196 e. The lowest BCUT2D eigenvalue weighted by atomic mass is 10.2. The first-order valence-corrected chi connectivity index (χ1v) is 4.26. The molecular formula is C10H11N3O. The van der Waals surface area contributed by atoms with Crippen molar-refractivity contribution in [3.05, 3.63) is 36.2 Å². The SMILES string of the molecule is CC(=O)c1nc(-c2ccccc2)n[nH]1.[HH]. The van der Waals surface area contributed by atoms with Crippen molar-refractivity contribution in [2.24, 2.45) is 0 Å². The summed E-state index contributed by atoms with van der Waals surface area (Å²) in [5, 5.41) is 6.54. The van der Waals surface area contributed by atoms with Crippen molar-refractivity contribution >= 4 is 5.78 Å². The number of aromatic nitrogens is 3. The van der Waals surface area contributed by atoms with Crippen LogP contribution in [0.2, 0.25) is 0 Å². The molecule has 0 aliphatic heterocycles. The van der Waals surface area contributed by atoms with Crippen LogP contribution in [0.1, 0.15) is 19.0 Å². The van der Waals surface area contributed by atoms with Crippen LogP contribution in [-0.4, -0.2) is 21.0 Å². The third kappa shape index (κ3) is 1.54. The average molecular weight is 189 g/mol. The van der Waals surface area contributed by atoms with Crippen molar-refractivity contribution in [1.29, 1.82) is 0 Å². The van der Waals surface area contributed by atoms with Gasteiger partial charge in [-0.2, -0.15) is 5.10 Å². The van der Waals surface area contributed by atoms with Crippen LogP contribution < -0.4 is 0 Å². The molecule has 0 atom stereocenters. The van der Waals surface area contributed by atoms with Crippen LogP contribution in [0.15, 0.2) is 30.3 Å². The van der Waals surface area contributed by atoms with Crippen LogP contribution in [0, 0.1) is 0 Å². The highest BCUT2D eigenvalue weighted by Crippen LogP contribution is 2.13. The summed E-state index contributed by atoms with van der Waals surface area (Å²) in [6.45, 7) is 1.45. The predicted molar refractivity (Wildman–Crippen MR) is 53.9 cm³/mol. The number of ketones is 1. The van der Waals surface area contributed by atoms with Crippen LogP contribution in [0.3, 0.4) is 0 Å². The molecule has 0 fully saturated rings. The molecule has 2 aromatic rings. The Kier molecular flexibility index (Phi) is 2.10.